The molecular formula is C13H17N3O3S. The van der Waals surface area contributed by atoms with Gasteiger partial charge in [-0.15, -0.1) is 0 Å². The number of amides is 1. The molecule has 1 saturated heterocycles. The van der Waals surface area contributed by atoms with Crippen LogP contribution in [0.25, 0.3) is 0 Å². The lowest BCUT2D eigenvalue weighted by atomic mass is 10.1. The first-order chi connectivity index (χ1) is 9.58. The van der Waals surface area contributed by atoms with Gasteiger partial charge in [0, 0.05) is 23.5 Å². The third-order valence-corrected chi connectivity index (χ3v) is 4.62. The van der Waals surface area contributed by atoms with Gasteiger partial charge in [-0.3, -0.25) is 14.9 Å². The highest BCUT2D eigenvalue weighted by Crippen LogP contribution is 2.25. The first kappa shape index (κ1) is 14.6. The molecule has 3 N–H and O–H groups in total. The number of nitrogen functional groups attached to an aromatic ring is 1. The van der Waals surface area contributed by atoms with Gasteiger partial charge in [-0.1, -0.05) is 6.42 Å². The van der Waals surface area contributed by atoms with Gasteiger partial charge >= 0.3 is 0 Å². The number of hydrogen-bond acceptors (Lipinski definition) is 5. The number of hydrogen-bond donors (Lipinski definition) is 2. The van der Waals surface area contributed by atoms with E-state index in [4.69, 9.17) is 5.73 Å². The number of benzene rings is 1. The molecule has 1 amide bonds. The van der Waals surface area contributed by atoms with Gasteiger partial charge in [0.1, 0.15) is 5.56 Å². The highest BCUT2D eigenvalue weighted by Gasteiger charge is 2.21. The Bertz CT molecular complexity index is 516. The number of nitrogens with one attached hydrogen (secondary N) is 1. The first-order valence-electron chi connectivity index (χ1n) is 6.51. The minimum atomic E-state index is -0.566. The van der Waals surface area contributed by atoms with Crippen LogP contribution in [0.3, 0.4) is 0 Å². The highest BCUT2D eigenvalue weighted by atomic mass is 32.2. The van der Waals surface area contributed by atoms with E-state index >= 15 is 0 Å². The molecule has 0 aliphatic carbocycles. The topological polar surface area (TPSA) is 98.3 Å². The third kappa shape index (κ3) is 3.63. The molecule has 1 fully saturated rings. The van der Waals surface area contributed by atoms with Crippen molar-refractivity contribution >= 4 is 29.0 Å². The summed E-state index contributed by atoms with van der Waals surface area (Å²) in [7, 11) is 0. The van der Waals surface area contributed by atoms with Gasteiger partial charge < -0.3 is 11.1 Å². The van der Waals surface area contributed by atoms with E-state index in [1.165, 1.54) is 31.0 Å². The molecule has 1 aliphatic rings. The molecule has 7 heteroatoms. The lowest BCUT2D eigenvalue weighted by molar-refractivity contribution is -0.385. The van der Waals surface area contributed by atoms with Gasteiger partial charge in [-0.05, 0) is 30.7 Å². The third-order valence-electron chi connectivity index (χ3n) is 3.23. The lowest BCUT2D eigenvalue weighted by Gasteiger charge is -2.21. The molecule has 2 rings (SSSR count). The Morgan fingerprint density at radius 2 is 2.30 bits per heavy atom. The van der Waals surface area contributed by atoms with Crippen molar-refractivity contribution in [3.05, 3.63) is 33.9 Å². The van der Waals surface area contributed by atoms with Crippen molar-refractivity contribution < 1.29 is 9.72 Å². The monoisotopic (exact) mass is 295 g/mol. The minimum Gasteiger partial charge on any atom is -0.399 e. The van der Waals surface area contributed by atoms with E-state index in [-0.39, 0.29) is 11.3 Å². The largest absolute Gasteiger partial charge is 0.399 e. The number of nitro benzene ring substituents is 1. The van der Waals surface area contributed by atoms with Gasteiger partial charge in [0.15, 0.2) is 0 Å². The molecular weight excluding hydrogens is 278 g/mol. The zero-order valence-electron chi connectivity index (χ0n) is 11.0. The minimum absolute atomic E-state index is 0.0239. The first-order valence-corrected chi connectivity index (χ1v) is 7.56. The summed E-state index contributed by atoms with van der Waals surface area (Å²) in [6.07, 6.45) is 3.46. The maximum atomic E-state index is 12.1. The van der Waals surface area contributed by atoms with Crippen LogP contribution in [0.5, 0.6) is 0 Å². The van der Waals surface area contributed by atoms with Crippen LogP contribution in [-0.2, 0) is 0 Å². The number of nitro groups is 1. The van der Waals surface area contributed by atoms with Crippen LogP contribution < -0.4 is 11.1 Å². The van der Waals surface area contributed by atoms with Crippen molar-refractivity contribution in [3.63, 3.8) is 0 Å². The van der Waals surface area contributed by atoms with Gasteiger partial charge in [-0.25, -0.2) is 0 Å². The zero-order chi connectivity index (χ0) is 14.5. The second-order valence-electron chi connectivity index (χ2n) is 4.73. The molecule has 6 nitrogen and oxygen atoms in total. The van der Waals surface area contributed by atoms with Crippen molar-refractivity contribution in [1.29, 1.82) is 0 Å². The van der Waals surface area contributed by atoms with E-state index in [0.29, 0.717) is 17.5 Å². The maximum Gasteiger partial charge on any atom is 0.282 e. The van der Waals surface area contributed by atoms with Crippen molar-refractivity contribution in [3.8, 4) is 0 Å². The van der Waals surface area contributed by atoms with Crippen LogP contribution in [0.15, 0.2) is 18.2 Å². The molecule has 1 aromatic rings. The van der Waals surface area contributed by atoms with E-state index in [0.717, 1.165) is 12.2 Å². The molecule has 0 spiro atoms. The number of thioether (sulfide) groups is 1. The number of rotatable bonds is 4. The standard InChI is InChI=1S/C13H17N3O3S/c14-9-4-5-12(16(18)19)11(7-9)13(17)15-8-10-3-1-2-6-20-10/h4-5,7,10H,1-3,6,8,14H2,(H,15,17). The summed E-state index contributed by atoms with van der Waals surface area (Å²) in [4.78, 5) is 22.4. The van der Waals surface area contributed by atoms with Crippen molar-refractivity contribution in [2.24, 2.45) is 0 Å². The number of nitrogens with zero attached hydrogens (tertiary/aromatic N) is 1. The Morgan fingerprint density at radius 1 is 1.50 bits per heavy atom. The summed E-state index contributed by atoms with van der Waals surface area (Å²) < 4.78 is 0. The summed E-state index contributed by atoms with van der Waals surface area (Å²) in [6, 6.07) is 4.03. The summed E-state index contributed by atoms with van der Waals surface area (Å²) >= 11 is 1.84. The van der Waals surface area contributed by atoms with Crippen LogP contribution in [0, 0.1) is 10.1 Å². The fourth-order valence-electron chi connectivity index (χ4n) is 2.16. The van der Waals surface area contributed by atoms with Gasteiger partial charge in [-0.2, -0.15) is 11.8 Å². The summed E-state index contributed by atoms with van der Waals surface area (Å²) in [5, 5.41) is 14.1. The Kier molecular flexibility index (Phi) is 4.84. The number of carbonyl (C=O) groups excluding carboxylic acids is 1. The van der Waals surface area contributed by atoms with E-state index in [1.807, 2.05) is 11.8 Å². The van der Waals surface area contributed by atoms with E-state index < -0.39 is 10.8 Å². The SMILES string of the molecule is Nc1ccc([N+](=O)[O-])c(C(=O)NCC2CCCCS2)c1. The van der Waals surface area contributed by atoms with Crippen LogP contribution in [0.1, 0.15) is 29.6 Å². The average Bonchev–Trinajstić information content (AvgIpc) is 2.45. The fourth-order valence-corrected chi connectivity index (χ4v) is 3.40. The van der Waals surface area contributed by atoms with Crippen LogP contribution >= 0.6 is 11.8 Å². The Balaban J connectivity index is 2.04. The normalized spacial score (nSPS) is 18.5. The molecule has 0 aromatic heterocycles. The molecule has 0 bridgehead atoms. The van der Waals surface area contributed by atoms with Gasteiger partial charge in [0.05, 0.1) is 4.92 Å². The molecule has 1 aliphatic heterocycles. The van der Waals surface area contributed by atoms with E-state index in [1.54, 1.807) is 0 Å². The lowest BCUT2D eigenvalue weighted by Crippen LogP contribution is -2.32. The van der Waals surface area contributed by atoms with Crippen molar-refractivity contribution in [1.82, 2.24) is 5.32 Å². The smallest absolute Gasteiger partial charge is 0.282 e. The van der Waals surface area contributed by atoms with Crippen LogP contribution in [0.4, 0.5) is 11.4 Å². The second kappa shape index (κ2) is 6.60. The summed E-state index contributed by atoms with van der Waals surface area (Å²) in [5.41, 5.74) is 5.75. The van der Waals surface area contributed by atoms with Crippen molar-refractivity contribution in [2.75, 3.05) is 18.0 Å². The summed E-state index contributed by atoms with van der Waals surface area (Å²) in [5.74, 6) is 0.675. The highest BCUT2D eigenvalue weighted by molar-refractivity contribution is 7.99. The summed E-state index contributed by atoms with van der Waals surface area (Å²) in [6.45, 7) is 0.537. The quantitative estimate of drug-likeness (QED) is 0.504. The maximum absolute atomic E-state index is 12.1. The molecule has 1 heterocycles. The van der Waals surface area contributed by atoms with Gasteiger partial charge in [0.2, 0.25) is 0 Å². The predicted molar refractivity (Wildman–Crippen MR) is 79.9 cm³/mol. The molecule has 0 radical (unpaired) electrons. The van der Waals surface area contributed by atoms with Crippen LogP contribution in [-0.4, -0.2) is 28.4 Å². The molecule has 1 atom stereocenters. The predicted octanol–water partition coefficient (Wildman–Crippen LogP) is 2.19. The zero-order valence-corrected chi connectivity index (χ0v) is 11.8. The Hall–Kier alpha value is -1.76. The molecule has 1 aromatic carbocycles. The van der Waals surface area contributed by atoms with Gasteiger partial charge in [0.25, 0.3) is 11.6 Å². The van der Waals surface area contributed by atoms with Crippen LogP contribution in [0.2, 0.25) is 0 Å². The molecule has 20 heavy (non-hydrogen) atoms. The Labute approximate surface area is 121 Å². The number of nitrogens with two attached hydrogens (primary N) is 1. The van der Waals surface area contributed by atoms with E-state index in [9.17, 15) is 14.9 Å². The number of carbonyl (C=O) groups is 1. The molecule has 108 valence electrons. The Morgan fingerprint density at radius 3 is 2.95 bits per heavy atom. The molecule has 0 saturated carbocycles. The average molecular weight is 295 g/mol. The molecule has 1 unspecified atom stereocenters. The van der Waals surface area contributed by atoms with Crippen molar-refractivity contribution in [2.45, 2.75) is 24.5 Å². The fraction of sp³-hybridized carbons (Fsp3) is 0.462. The second-order valence-corrected chi connectivity index (χ2v) is 6.14. The van der Waals surface area contributed by atoms with E-state index in [2.05, 4.69) is 5.32 Å². The number of anilines is 1.